The van der Waals surface area contributed by atoms with Gasteiger partial charge in [0, 0.05) is 5.69 Å². The zero-order valence-electron chi connectivity index (χ0n) is 13.7. The van der Waals surface area contributed by atoms with Gasteiger partial charge in [-0.15, -0.1) is 6.58 Å². The minimum atomic E-state index is -1.04. The number of hydrogen-bond donors (Lipinski definition) is 1. The highest BCUT2D eigenvalue weighted by Gasteiger charge is 2.71. The molecule has 1 amide bonds. The number of amides is 1. The molecular weight excluding hydrogens is 325 g/mol. The van der Waals surface area contributed by atoms with Gasteiger partial charge in [-0.1, -0.05) is 17.7 Å². The van der Waals surface area contributed by atoms with Crippen LogP contribution in [0, 0.1) is 17.7 Å². The molecule has 2 fully saturated rings. The monoisotopic (exact) mass is 343 g/mol. The first-order valence-corrected chi connectivity index (χ1v) is 8.18. The molecule has 130 valence electrons. The van der Waals surface area contributed by atoms with Crippen LogP contribution in [0.25, 0.3) is 0 Å². The normalized spacial score (nSPS) is 35.3. The van der Waals surface area contributed by atoms with Crippen molar-refractivity contribution in [1.82, 2.24) is 0 Å². The van der Waals surface area contributed by atoms with Crippen LogP contribution in [-0.2, 0) is 14.3 Å². The fraction of sp³-hybridized carbons (Fsp3) is 0.368. The number of ether oxygens (including phenoxy) is 1. The van der Waals surface area contributed by atoms with Crippen molar-refractivity contribution < 1.29 is 23.8 Å². The Bertz CT molecular complexity index is 802. The van der Waals surface area contributed by atoms with Gasteiger partial charge in [-0.3, -0.25) is 9.59 Å². The molecule has 3 aliphatic heterocycles. The highest BCUT2D eigenvalue weighted by molar-refractivity contribution is 6.03. The van der Waals surface area contributed by atoms with Gasteiger partial charge in [0.1, 0.15) is 17.3 Å². The number of carbonyl (C=O) groups is 2. The van der Waals surface area contributed by atoms with Crippen molar-refractivity contribution in [3.8, 4) is 0 Å². The van der Waals surface area contributed by atoms with E-state index in [-0.39, 0.29) is 5.91 Å². The Morgan fingerprint density at radius 3 is 2.68 bits per heavy atom. The van der Waals surface area contributed by atoms with Crippen molar-refractivity contribution >= 4 is 17.6 Å². The third-order valence-electron chi connectivity index (χ3n) is 5.35. The molecule has 1 aromatic rings. The van der Waals surface area contributed by atoms with Crippen LogP contribution >= 0.6 is 0 Å². The van der Waals surface area contributed by atoms with E-state index < -0.39 is 41.4 Å². The van der Waals surface area contributed by atoms with E-state index in [1.165, 1.54) is 24.3 Å². The van der Waals surface area contributed by atoms with E-state index in [0.717, 1.165) is 5.57 Å². The van der Waals surface area contributed by atoms with Crippen LogP contribution in [-0.4, -0.2) is 34.7 Å². The van der Waals surface area contributed by atoms with Crippen molar-refractivity contribution in [1.29, 1.82) is 0 Å². The van der Waals surface area contributed by atoms with Crippen LogP contribution in [0.4, 0.5) is 10.1 Å². The minimum Gasteiger partial charge on any atom is -0.481 e. The number of halogens is 1. The van der Waals surface area contributed by atoms with Gasteiger partial charge in [0.05, 0.1) is 18.1 Å². The second kappa shape index (κ2) is 5.26. The van der Waals surface area contributed by atoms with Crippen molar-refractivity contribution in [3.63, 3.8) is 0 Å². The second-order valence-electron chi connectivity index (χ2n) is 7.00. The number of carboxylic acids is 1. The zero-order chi connectivity index (χ0) is 17.9. The topological polar surface area (TPSA) is 66.8 Å². The first kappa shape index (κ1) is 16.0. The average Bonchev–Trinajstić information content (AvgIpc) is 3.18. The maximum Gasteiger partial charge on any atom is 0.310 e. The van der Waals surface area contributed by atoms with Gasteiger partial charge in [0.25, 0.3) is 0 Å². The Labute approximate surface area is 144 Å². The van der Waals surface area contributed by atoms with E-state index in [1.54, 1.807) is 11.0 Å². The molecule has 1 N–H and O–H groups in total. The number of nitrogens with zero attached hydrogens (tertiary/aromatic N) is 1. The first-order chi connectivity index (χ1) is 11.8. The highest BCUT2D eigenvalue weighted by atomic mass is 19.1. The van der Waals surface area contributed by atoms with Gasteiger partial charge < -0.3 is 14.7 Å². The van der Waals surface area contributed by atoms with Gasteiger partial charge in [-0.05, 0) is 37.6 Å². The Hall–Kier alpha value is -2.47. The summed E-state index contributed by atoms with van der Waals surface area (Å²) in [7, 11) is 0. The quantitative estimate of drug-likeness (QED) is 0.853. The number of carbonyl (C=O) groups excluding carboxylic acids is 1. The molecule has 5 nitrogen and oxygen atoms in total. The maximum atomic E-state index is 13.3. The van der Waals surface area contributed by atoms with E-state index in [4.69, 9.17) is 4.74 Å². The van der Waals surface area contributed by atoms with Crippen LogP contribution in [0.1, 0.15) is 13.3 Å². The lowest BCUT2D eigenvalue weighted by atomic mass is 9.74. The fourth-order valence-electron chi connectivity index (χ4n) is 4.42. The molecule has 6 heteroatoms. The minimum absolute atomic E-state index is 0.294. The summed E-state index contributed by atoms with van der Waals surface area (Å²) in [5.41, 5.74) is 0.420. The van der Waals surface area contributed by atoms with Gasteiger partial charge >= 0.3 is 5.97 Å². The summed E-state index contributed by atoms with van der Waals surface area (Å²) in [5, 5.41) is 9.61. The molecule has 4 rings (SSSR count). The molecule has 0 aliphatic carbocycles. The largest absolute Gasteiger partial charge is 0.481 e. The molecule has 0 unspecified atom stereocenters. The molecule has 0 radical (unpaired) electrons. The smallest absolute Gasteiger partial charge is 0.310 e. The number of fused-ring (bicyclic) bond motifs is 1. The summed E-state index contributed by atoms with van der Waals surface area (Å²) in [4.78, 5) is 26.5. The lowest BCUT2D eigenvalue weighted by molar-refractivity contribution is -0.146. The molecule has 1 spiro atoms. The Morgan fingerprint density at radius 2 is 2.08 bits per heavy atom. The second-order valence-corrected chi connectivity index (χ2v) is 7.00. The molecule has 0 saturated carbocycles. The summed E-state index contributed by atoms with van der Waals surface area (Å²) < 4.78 is 19.3. The lowest BCUT2D eigenvalue weighted by Crippen LogP contribution is -2.45. The average molecular weight is 343 g/mol. The Balaban J connectivity index is 1.84. The molecule has 3 heterocycles. The van der Waals surface area contributed by atoms with Crippen LogP contribution in [0.15, 0.2) is 48.6 Å². The van der Waals surface area contributed by atoms with E-state index in [9.17, 15) is 19.1 Å². The number of aliphatic carboxylic acids is 1. The fourth-order valence-corrected chi connectivity index (χ4v) is 4.42. The number of anilines is 1. The SMILES string of the molecule is C=C(C)C[C@@H]1N(c2ccc(F)cc2)C(=O)[C@H]2[C@@H](C(=O)O)[C@H]3C=C[C@]12O3. The van der Waals surface area contributed by atoms with E-state index in [2.05, 4.69) is 6.58 Å². The predicted molar refractivity (Wildman–Crippen MR) is 88.5 cm³/mol. The summed E-state index contributed by atoms with van der Waals surface area (Å²) in [5.74, 6) is -3.42. The van der Waals surface area contributed by atoms with E-state index in [0.29, 0.717) is 12.1 Å². The molecule has 3 aliphatic rings. The van der Waals surface area contributed by atoms with Crippen molar-refractivity contribution in [2.45, 2.75) is 31.1 Å². The van der Waals surface area contributed by atoms with Crippen molar-refractivity contribution in [2.75, 3.05) is 4.90 Å². The maximum absolute atomic E-state index is 13.3. The van der Waals surface area contributed by atoms with Crippen molar-refractivity contribution in [2.24, 2.45) is 11.8 Å². The van der Waals surface area contributed by atoms with Crippen LogP contribution in [0.5, 0.6) is 0 Å². The molecule has 1 aromatic carbocycles. The third kappa shape index (κ3) is 2.10. The number of benzene rings is 1. The first-order valence-electron chi connectivity index (χ1n) is 8.18. The zero-order valence-corrected chi connectivity index (χ0v) is 13.7. The van der Waals surface area contributed by atoms with Crippen LogP contribution < -0.4 is 4.90 Å². The third-order valence-corrected chi connectivity index (χ3v) is 5.35. The standard InChI is InChI=1S/C19H18FNO4/c1-10(2)9-14-19-8-7-13(25-19)15(18(23)24)16(19)17(22)21(14)12-5-3-11(20)4-6-12/h3-8,13-16H,1,9H2,2H3,(H,23,24)/t13-,14+,15+,16-,19+/m1/s1. The highest BCUT2D eigenvalue weighted by Crippen LogP contribution is 2.56. The molecule has 2 bridgehead atoms. The molecular formula is C19H18FNO4. The van der Waals surface area contributed by atoms with Crippen molar-refractivity contribution in [3.05, 3.63) is 54.4 Å². The molecule has 0 aromatic heterocycles. The summed E-state index contributed by atoms with van der Waals surface area (Å²) in [6, 6.07) is 5.23. The summed E-state index contributed by atoms with van der Waals surface area (Å²) >= 11 is 0. The Morgan fingerprint density at radius 1 is 1.40 bits per heavy atom. The van der Waals surface area contributed by atoms with E-state index >= 15 is 0 Å². The number of rotatable bonds is 4. The summed E-state index contributed by atoms with van der Waals surface area (Å²) in [6.45, 7) is 5.80. The predicted octanol–water partition coefficient (Wildman–Crippen LogP) is 2.53. The van der Waals surface area contributed by atoms with Gasteiger partial charge in [-0.25, -0.2) is 4.39 Å². The number of hydrogen-bond acceptors (Lipinski definition) is 3. The number of carboxylic acid groups (broad SMARTS) is 1. The molecule has 5 atom stereocenters. The lowest BCUT2D eigenvalue weighted by Gasteiger charge is -2.33. The Kier molecular flexibility index (Phi) is 3.37. The van der Waals surface area contributed by atoms with E-state index in [1.807, 2.05) is 13.0 Å². The van der Waals surface area contributed by atoms with Gasteiger partial charge in [0.15, 0.2) is 0 Å². The van der Waals surface area contributed by atoms with Crippen LogP contribution in [0.3, 0.4) is 0 Å². The van der Waals surface area contributed by atoms with Gasteiger partial charge in [0.2, 0.25) is 5.91 Å². The summed E-state index contributed by atoms with van der Waals surface area (Å²) in [6.07, 6.45) is 3.46. The van der Waals surface area contributed by atoms with Gasteiger partial charge in [-0.2, -0.15) is 0 Å². The molecule has 2 saturated heterocycles. The van der Waals surface area contributed by atoms with Crippen LogP contribution in [0.2, 0.25) is 0 Å². The molecule has 25 heavy (non-hydrogen) atoms.